The zero-order valence-electron chi connectivity index (χ0n) is 19.6. The largest absolute Gasteiger partial charge is 0.322 e. The van der Waals surface area contributed by atoms with Crippen LogP contribution in [0.3, 0.4) is 0 Å². The van der Waals surface area contributed by atoms with Gasteiger partial charge in [-0.05, 0) is 65.9 Å². The third kappa shape index (κ3) is 4.07. The summed E-state index contributed by atoms with van der Waals surface area (Å²) in [5, 5.41) is 2.33. The Labute approximate surface area is 207 Å². The zero-order chi connectivity index (χ0) is 24.8. The number of aromatic nitrogens is 1. The average molecular weight is 485 g/mol. The normalized spacial score (nSPS) is 21.8. The van der Waals surface area contributed by atoms with Gasteiger partial charge in [0.1, 0.15) is 11.9 Å². The fraction of sp³-hybridized carbons (Fsp3) is 0.286. The maximum atomic E-state index is 13.7. The molecular formula is C28H25FN4O3. The lowest BCUT2D eigenvalue weighted by Gasteiger charge is -2.41. The summed E-state index contributed by atoms with van der Waals surface area (Å²) < 4.78 is 13.7. The van der Waals surface area contributed by atoms with Crippen LogP contribution in [0.4, 0.5) is 4.39 Å². The summed E-state index contributed by atoms with van der Waals surface area (Å²) in [5.41, 5.74) is 5.26. The number of halogens is 1. The van der Waals surface area contributed by atoms with E-state index in [4.69, 9.17) is 0 Å². The number of pyridine rings is 1. The highest BCUT2D eigenvalue weighted by Gasteiger charge is 2.39. The van der Waals surface area contributed by atoms with E-state index in [2.05, 4.69) is 21.3 Å². The number of hydrogen-bond donors (Lipinski definition) is 1. The van der Waals surface area contributed by atoms with Gasteiger partial charge in [-0.15, -0.1) is 0 Å². The molecule has 6 rings (SSSR count). The highest BCUT2D eigenvalue weighted by Crippen LogP contribution is 2.35. The molecule has 182 valence electrons. The molecule has 3 aliphatic rings. The molecule has 0 aliphatic carbocycles. The van der Waals surface area contributed by atoms with Crippen molar-refractivity contribution < 1.29 is 18.8 Å². The quantitative estimate of drug-likeness (QED) is 0.560. The Kier molecular flexibility index (Phi) is 5.60. The highest BCUT2D eigenvalue weighted by molar-refractivity contribution is 6.05. The third-order valence-electron chi connectivity index (χ3n) is 7.39. The third-order valence-corrected chi connectivity index (χ3v) is 7.39. The Balaban J connectivity index is 1.19. The van der Waals surface area contributed by atoms with Crippen LogP contribution in [0.5, 0.6) is 0 Å². The van der Waals surface area contributed by atoms with Crippen molar-refractivity contribution in [1.29, 1.82) is 0 Å². The van der Waals surface area contributed by atoms with E-state index >= 15 is 0 Å². The van der Waals surface area contributed by atoms with Crippen molar-refractivity contribution in [3.63, 3.8) is 0 Å². The van der Waals surface area contributed by atoms with Gasteiger partial charge in [0.15, 0.2) is 0 Å². The fourth-order valence-electron chi connectivity index (χ4n) is 5.42. The Hall–Kier alpha value is -3.91. The first-order valence-electron chi connectivity index (χ1n) is 12.2. The molecule has 8 heteroatoms. The van der Waals surface area contributed by atoms with Gasteiger partial charge in [0, 0.05) is 49.4 Å². The predicted molar refractivity (Wildman–Crippen MR) is 130 cm³/mol. The predicted octanol–water partition coefficient (Wildman–Crippen LogP) is 3.60. The van der Waals surface area contributed by atoms with Gasteiger partial charge in [-0.2, -0.15) is 0 Å². The first kappa shape index (κ1) is 22.5. The Morgan fingerprint density at radius 1 is 1.00 bits per heavy atom. The van der Waals surface area contributed by atoms with Crippen molar-refractivity contribution in [1.82, 2.24) is 20.1 Å². The zero-order valence-corrected chi connectivity index (χ0v) is 19.6. The summed E-state index contributed by atoms with van der Waals surface area (Å²) in [6, 6.07) is 16.1. The minimum atomic E-state index is -0.630. The molecule has 0 spiro atoms. The van der Waals surface area contributed by atoms with Crippen LogP contribution >= 0.6 is 0 Å². The number of hydrogen-bond acceptors (Lipinski definition) is 5. The summed E-state index contributed by atoms with van der Waals surface area (Å²) in [5.74, 6) is -1.11. The molecule has 3 aliphatic heterocycles. The molecule has 2 unspecified atom stereocenters. The number of likely N-dealkylation sites (tertiary alicyclic amines) is 1. The fourth-order valence-corrected chi connectivity index (χ4v) is 5.42. The smallest absolute Gasteiger partial charge is 0.255 e. The number of carbonyl (C=O) groups excluding carboxylic acids is 3. The molecule has 2 fully saturated rings. The summed E-state index contributed by atoms with van der Waals surface area (Å²) in [4.78, 5) is 45.2. The van der Waals surface area contributed by atoms with Gasteiger partial charge >= 0.3 is 0 Å². The molecule has 2 atom stereocenters. The van der Waals surface area contributed by atoms with Gasteiger partial charge in [0.25, 0.3) is 5.91 Å². The van der Waals surface area contributed by atoms with E-state index in [0.717, 1.165) is 47.5 Å². The van der Waals surface area contributed by atoms with E-state index in [1.165, 1.54) is 6.07 Å². The Bertz CT molecular complexity index is 1390. The second kappa shape index (κ2) is 8.95. The van der Waals surface area contributed by atoms with E-state index in [1.54, 1.807) is 29.3 Å². The molecule has 1 aromatic heterocycles. The number of piperidine rings is 1. The maximum Gasteiger partial charge on any atom is 0.255 e. The van der Waals surface area contributed by atoms with Gasteiger partial charge in [0.05, 0.1) is 5.69 Å². The minimum absolute atomic E-state index is 0.186. The van der Waals surface area contributed by atoms with Crippen molar-refractivity contribution in [2.24, 2.45) is 0 Å². The second-order valence-corrected chi connectivity index (χ2v) is 9.65. The Morgan fingerprint density at radius 2 is 1.89 bits per heavy atom. The molecule has 2 aromatic carbocycles. The number of rotatable bonds is 5. The molecule has 0 radical (unpaired) electrons. The van der Waals surface area contributed by atoms with Crippen LogP contribution in [0.15, 0.2) is 60.8 Å². The topological polar surface area (TPSA) is 82.6 Å². The molecule has 0 saturated carbocycles. The lowest BCUT2D eigenvalue weighted by molar-refractivity contribution is -0.136. The van der Waals surface area contributed by atoms with Gasteiger partial charge in [-0.25, -0.2) is 4.39 Å². The highest BCUT2D eigenvalue weighted by atomic mass is 19.1. The molecular weight excluding hydrogens is 459 g/mol. The number of benzene rings is 2. The molecule has 1 N–H and O–H groups in total. The summed E-state index contributed by atoms with van der Waals surface area (Å²) in [6.07, 6.45) is 3.36. The van der Waals surface area contributed by atoms with Gasteiger partial charge < -0.3 is 4.90 Å². The van der Waals surface area contributed by atoms with Crippen molar-refractivity contribution in [3.05, 3.63) is 88.9 Å². The van der Waals surface area contributed by atoms with Crippen LogP contribution in [-0.2, 0) is 22.7 Å². The minimum Gasteiger partial charge on any atom is -0.322 e. The maximum absolute atomic E-state index is 13.7. The molecule has 0 bridgehead atoms. The van der Waals surface area contributed by atoms with Crippen molar-refractivity contribution in [2.75, 3.05) is 6.54 Å². The van der Waals surface area contributed by atoms with Gasteiger partial charge in [-0.3, -0.25) is 29.6 Å². The number of nitrogens with one attached hydrogen (secondary N) is 1. The molecule has 4 heterocycles. The van der Waals surface area contributed by atoms with E-state index in [1.807, 2.05) is 24.3 Å². The van der Waals surface area contributed by atoms with Crippen molar-refractivity contribution in [3.8, 4) is 11.3 Å². The number of nitrogens with zero attached hydrogens (tertiary/aromatic N) is 3. The molecule has 7 nitrogen and oxygen atoms in total. The molecule has 3 aromatic rings. The van der Waals surface area contributed by atoms with E-state index in [-0.39, 0.29) is 30.1 Å². The standard InChI is InChI=1S/C28H25FN4O3/c29-21-3-1-2-19(14-21)24-9-11-32(24)15-17-8-10-30-23(12-17)18-4-5-22-20(13-18)16-33(28(22)36)25-6-7-26(34)31-27(25)35/h1-5,8,10,12-14,24-25H,6-7,9,11,15-16H2,(H,31,34,35). The van der Waals surface area contributed by atoms with Gasteiger partial charge in [-0.1, -0.05) is 18.2 Å². The summed E-state index contributed by atoms with van der Waals surface area (Å²) in [6.45, 7) is 2.02. The monoisotopic (exact) mass is 484 g/mol. The van der Waals surface area contributed by atoms with E-state index < -0.39 is 11.9 Å². The number of fused-ring (bicyclic) bond motifs is 1. The molecule has 3 amide bonds. The van der Waals surface area contributed by atoms with Crippen LogP contribution in [0.1, 0.15) is 52.4 Å². The van der Waals surface area contributed by atoms with E-state index in [9.17, 15) is 18.8 Å². The lowest BCUT2D eigenvalue weighted by Crippen LogP contribution is -2.52. The number of imide groups is 1. The first-order chi connectivity index (χ1) is 17.5. The second-order valence-electron chi connectivity index (χ2n) is 9.65. The molecule has 36 heavy (non-hydrogen) atoms. The summed E-state index contributed by atoms with van der Waals surface area (Å²) >= 11 is 0. The number of amides is 3. The van der Waals surface area contributed by atoms with E-state index in [0.29, 0.717) is 18.5 Å². The first-order valence-corrected chi connectivity index (χ1v) is 12.2. The van der Waals surface area contributed by atoms with Crippen LogP contribution < -0.4 is 5.32 Å². The summed E-state index contributed by atoms with van der Waals surface area (Å²) in [7, 11) is 0. The molecule has 2 saturated heterocycles. The average Bonchev–Trinajstić information content (AvgIpc) is 3.17. The lowest BCUT2D eigenvalue weighted by atomic mass is 9.94. The van der Waals surface area contributed by atoms with Crippen LogP contribution in [0.25, 0.3) is 11.3 Å². The number of carbonyl (C=O) groups is 3. The Morgan fingerprint density at radius 3 is 2.67 bits per heavy atom. The van der Waals surface area contributed by atoms with Crippen LogP contribution in [0, 0.1) is 5.82 Å². The van der Waals surface area contributed by atoms with Crippen molar-refractivity contribution >= 4 is 17.7 Å². The van der Waals surface area contributed by atoms with Crippen molar-refractivity contribution in [2.45, 2.75) is 44.4 Å². The van der Waals surface area contributed by atoms with Gasteiger partial charge in [0.2, 0.25) is 11.8 Å². The van der Waals surface area contributed by atoms with Crippen LogP contribution in [0.2, 0.25) is 0 Å². The SMILES string of the molecule is O=C1CCC(N2Cc3cc(-c4cc(CN5CCC5c5cccc(F)c5)ccn4)ccc3C2=O)C(=O)N1. The van der Waals surface area contributed by atoms with Crippen LogP contribution in [-0.4, -0.2) is 45.1 Å².